The summed E-state index contributed by atoms with van der Waals surface area (Å²) >= 11 is 0. The Morgan fingerprint density at radius 3 is 1.57 bits per heavy atom. The Labute approximate surface area is 201 Å². The van der Waals surface area contributed by atoms with Crippen LogP contribution in [0.25, 0.3) is 0 Å². The highest BCUT2D eigenvalue weighted by Crippen LogP contribution is 2.61. The van der Waals surface area contributed by atoms with E-state index >= 15 is 0 Å². The Bertz CT molecular complexity index is 1060. The zero-order valence-corrected chi connectivity index (χ0v) is 18.7. The topological polar surface area (TPSA) is 20.2 Å². The minimum atomic E-state index is -8.00. The summed E-state index contributed by atoms with van der Waals surface area (Å²) in [5.41, 5.74) is -4.10. The van der Waals surface area contributed by atoms with Crippen LogP contribution in [0.2, 0.25) is 0 Å². The predicted molar refractivity (Wildman–Crippen MR) is 105 cm³/mol. The molecular formula is C23H19F13O. The van der Waals surface area contributed by atoms with E-state index in [1.807, 2.05) is 0 Å². The van der Waals surface area contributed by atoms with Crippen LogP contribution in [0.15, 0.2) is 54.6 Å². The molecule has 1 atom stereocenters. The van der Waals surface area contributed by atoms with Crippen LogP contribution >= 0.6 is 0 Å². The van der Waals surface area contributed by atoms with Gasteiger partial charge in [-0.1, -0.05) is 67.9 Å². The van der Waals surface area contributed by atoms with Gasteiger partial charge in [-0.15, -0.1) is 0 Å². The average molecular weight is 558 g/mol. The van der Waals surface area contributed by atoms with Crippen molar-refractivity contribution >= 4 is 0 Å². The highest BCUT2D eigenvalue weighted by atomic mass is 19.4. The van der Waals surface area contributed by atoms with Crippen molar-refractivity contribution in [1.82, 2.24) is 0 Å². The molecule has 0 heterocycles. The number of halogens is 13. The fraction of sp³-hybridized carbons (Fsp3) is 0.478. The molecule has 0 aliphatic heterocycles. The normalized spacial score (nSPS) is 16.0. The minimum absolute atomic E-state index is 0.280. The van der Waals surface area contributed by atoms with E-state index in [9.17, 15) is 62.2 Å². The zero-order valence-electron chi connectivity index (χ0n) is 18.7. The standard InChI is InChI=1S/C23H19F13O/c1-2-7-14-8-6-11-16(12-14)17(37,15-9-4-3-5-10-15)13-18(24,25)19(26,27)20(28,29)21(30,31)22(32,33)23(34,35)36/h3-6,8-12,37H,2,7,13H2,1H3. The van der Waals surface area contributed by atoms with Crippen molar-refractivity contribution in [1.29, 1.82) is 0 Å². The molecule has 0 saturated heterocycles. The van der Waals surface area contributed by atoms with Crippen molar-refractivity contribution in [2.75, 3.05) is 0 Å². The lowest BCUT2D eigenvalue weighted by Crippen LogP contribution is -2.70. The summed E-state index contributed by atoms with van der Waals surface area (Å²) in [6.45, 7) is 1.70. The molecule has 2 aromatic rings. The van der Waals surface area contributed by atoms with Crippen LogP contribution in [0.3, 0.4) is 0 Å². The molecule has 0 amide bonds. The number of benzene rings is 2. The Morgan fingerprint density at radius 2 is 1.08 bits per heavy atom. The maximum atomic E-state index is 14.8. The highest BCUT2D eigenvalue weighted by molar-refractivity contribution is 5.39. The average Bonchev–Trinajstić information content (AvgIpc) is 2.78. The summed E-state index contributed by atoms with van der Waals surface area (Å²) < 4.78 is 177. The predicted octanol–water partition coefficient (Wildman–Crippen LogP) is 8.00. The molecular weight excluding hydrogens is 539 g/mol. The van der Waals surface area contributed by atoms with Gasteiger partial charge in [-0.25, -0.2) is 0 Å². The summed E-state index contributed by atoms with van der Waals surface area (Å²) in [7, 11) is 0. The molecule has 0 radical (unpaired) electrons. The maximum Gasteiger partial charge on any atom is 0.460 e. The first-order valence-electron chi connectivity index (χ1n) is 10.4. The van der Waals surface area contributed by atoms with Crippen molar-refractivity contribution in [3.05, 3.63) is 71.3 Å². The molecule has 208 valence electrons. The van der Waals surface area contributed by atoms with Gasteiger partial charge in [0.2, 0.25) is 0 Å². The molecule has 0 bridgehead atoms. The fourth-order valence-electron chi connectivity index (χ4n) is 3.59. The van der Waals surface area contributed by atoms with Crippen molar-refractivity contribution in [2.24, 2.45) is 0 Å². The molecule has 0 aliphatic rings. The summed E-state index contributed by atoms with van der Waals surface area (Å²) in [6.07, 6.45) is -9.51. The van der Waals surface area contributed by atoms with E-state index in [0.29, 0.717) is 12.0 Å². The number of hydrogen-bond donors (Lipinski definition) is 1. The van der Waals surface area contributed by atoms with Crippen LogP contribution in [-0.4, -0.2) is 40.9 Å². The van der Waals surface area contributed by atoms with Gasteiger partial charge in [0.25, 0.3) is 0 Å². The second-order valence-electron chi connectivity index (χ2n) is 8.35. The second-order valence-corrected chi connectivity index (χ2v) is 8.35. The molecule has 0 fully saturated rings. The van der Waals surface area contributed by atoms with Gasteiger partial charge < -0.3 is 5.11 Å². The second kappa shape index (κ2) is 9.66. The number of aliphatic hydroxyl groups is 1. The Balaban J connectivity index is 2.68. The van der Waals surface area contributed by atoms with Gasteiger partial charge >= 0.3 is 35.8 Å². The molecule has 14 heteroatoms. The van der Waals surface area contributed by atoms with Crippen molar-refractivity contribution in [3.63, 3.8) is 0 Å². The number of alkyl halides is 13. The lowest BCUT2D eigenvalue weighted by Gasteiger charge is -2.42. The van der Waals surface area contributed by atoms with E-state index in [1.165, 1.54) is 18.2 Å². The first-order valence-corrected chi connectivity index (χ1v) is 10.4. The third-order valence-electron chi connectivity index (χ3n) is 5.67. The van der Waals surface area contributed by atoms with Crippen LogP contribution in [0, 0.1) is 0 Å². The van der Waals surface area contributed by atoms with Gasteiger partial charge in [0.15, 0.2) is 0 Å². The Hall–Kier alpha value is -2.51. The number of hydrogen-bond acceptors (Lipinski definition) is 1. The van der Waals surface area contributed by atoms with E-state index in [2.05, 4.69) is 0 Å². The Morgan fingerprint density at radius 1 is 0.595 bits per heavy atom. The SMILES string of the molecule is CCCc1cccc(C(O)(CC(F)(F)C(F)(F)C(F)(F)C(F)(F)C(F)(F)C(F)(F)F)c2ccccc2)c1. The van der Waals surface area contributed by atoms with E-state index in [1.54, 1.807) is 6.92 Å². The third-order valence-corrected chi connectivity index (χ3v) is 5.67. The van der Waals surface area contributed by atoms with Gasteiger partial charge in [-0.2, -0.15) is 57.1 Å². The van der Waals surface area contributed by atoms with Crippen LogP contribution < -0.4 is 0 Å². The van der Waals surface area contributed by atoms with Crippen molar-refractivity contribution < 1.29 is 62.2 Å². The summed E-state index contributed by atoms with van der Waals surface area (Å²) in [4.78, 5) is 0. The molecule has 0 aliphatic carbocycles. The monoisotopic (exact) mass is 558 g/mol. The summed E-state index contributed by atoms with van der Waals surface area (Å²) in [5.74, 6) is -37.7. The largest absolute Gasteiger partial charge is 0.460 e. The quantitative estimate of drug-likeness (QED) is 0.293. The van der Waals surface area contributed by atoms with Gasteiger partial charge in [-0.3, -0.25) is 0 Å². The molecule has 1 nitrogen and oxygen atoms in total. The molecule has 2 aromatic carbocycles. The molecule has 1 N–H and O–H groups in total. The van der Waals surface area contributed by atoms with Crippen LogP contribution in [0.5, 0.6) is 0 Å². The Kier molecular flexibility index (Phi) is 8.02. The van der Waals surface area contributed by atoms with Crippen molar-refractivity contribution in [3.8, 4) is 0 Å². The molecule has 0 spiro atoms. The van der Waals surface area contributed by atoms with Gasteiger partial charge in [-0.05, 0) is 23.1 Å². The molecule has 0 aromatic heterocycles. The minimum Gasteiger partial charge on any atom is -0.380 e. The number of aryl methyl sites for hydroxylation is 1. The lowest BCUT2D eigenvalue weighted by atomic mass is 9.78. The van der Waals surface area contributed by atoms with Crippen LogP contribution in [-0.2, 0) is 12.0 Å². The molecule has 0 saturated carbocycles. The smallest absolute Gasteiger partial charge is 0.380 e. The van der Waals surface area contributed by atoms with Gasteiger partial charge in [0, 0.05) is 0 Å². The van der Waals surface area contributed by atoms with E-state index in [4.69, 9.17) is 0 Å². The van der Waals surface area contributed by atoms with Crippen molar-refractivity contribution in [2.45, 2.75) is 67.6 Å². The summed E-state index contributed by atoms with van der Waals surface area (Å²) in [6, 6.07) is 9.98. The lowest BCUT2D eigenvalue weighted by molar-refractivity contribution is -0.441. The number of rotatable bonds is 10. The summed E-state index contributed by atoms with van der Waals surface area (Å²) in [5, 5.41) is 11.1. The van der Waals surface area contributed by atoms with E-state index in [0.717, 1.165) is 36.4 Å². The molecule has 1 unspecified atom stereocenters. The molecule has 37 heavy (non-hydrogen) atoms. The highest BCUT2D eigenvalue weighted by Gasteiger charge is 2.90. The maximum absolute atomic E-state index is 14.8. The van der Waals surface area contributed by atoms with E-state index in [-0.39, 0.29) is 6.42 Å². The fourth-order valence-corrected chi connectivity index (χ4v) is 3.59. The van der Waals surface area contributed by atoms with Gasteiger partial charge in [0.1, 0.15) is 5.60 Å². The molecule has 2 rings (SSSR count). The van der Waals surface area contributed by atoms with Crippen LogP contribution in [0.1, 0.15) is 36.5 Å². The van der Waals surface area contributed by atoms with E-state index < -0.39 is 58.9 Å². The third kappa shape index (κ3) is 5.00. The first kappa shape index (κ1) is 30.7. The first-order chi connectivity index (χ1) is 16.6. The van der Waals surface area contributed by atoms with Gasteiger partial charge in [0.05, 0.1) is 6.42 Å². The van der Waals surface area contributed by atoms with Crippen LogP contribution in [0.4, 0.5) is 57.1 Å². The zero-order chi connectivity index (χ0) is 28.7.